The minimum atomic E-state index is 0.706. The van der Waals surface area contributed by atoms with Gasteiger partial charge in [-0.2, -0.15) is 0 Å². The molecule has 2 rings (SSSR count). The molecule has 1 aromatic rings. The summed E-state index contributed by atoms with van der Waals surface area (Å²) >= 11 is 0. The second-order valence-electron chi connectivity index (χ2n) is 4.74. The molecular weight excluding hydrogens is 182 g/mol. The maximum Gasteiger partial charge on any atom is 0.0342 e. The van der Waals surface area contributed by atoms with Crippen LogP contribution in [0.3, 0.4) is 0 Å². The topological polar surface area (TPSA) is 12.0 Å². The molecule has 0 radical (unpaired) electrons. The quantitative estimate of drug-likeness (QED) is 0.763. The summed E-state index contributed by atoms with van der Waals surface area (Å²) in [5, 5.41) is 3.67. The van der Waals surface area contributed by atoms with Gasteiger partial charge in [0.15, 0.2) is 0 Å². The fourth-order valence-corrected chi connectivity index (χ4v) is 2.10. The molecule has 1 unspecified atom stereocenters. The fraction of sp³-hybridized carbons (Fsp3) is 0.571. The SMILES string of the molecule is CCCC(Nc1ccc(C)cc1)C1CC1. The maximum atomic E-state index is 3.67. The van der Waals surface area contributed by atoms with Crippen molar-refractivity contribution in [3.05, 3.63) is 29.8 Å². The Morgan fingerprint density at radius 3 is 2.47 bits per heavy atom. The van der Waals surface area contributed by atoms with Crippen LogP contribution in [-0.4, -0.2) is 6.04 Å². The lowest BCUT2D eigenvalue weighted by molar-refractivity contribution is 0.578. The van der Waals surface area contributed by atoms with E-state index in [4.69, 9.17) is 0 Å². The Bertz CT molecular complexity index is 298. The predicted molar refractivity (Wildman–Crippen MR) is 66.2 cm³/mol. The molecule has 82 valence electrons. The van der Waals surface area contributed by atoms with E-state index in [0.717, 1.165) is 5.92 Å². The zero-order valence-electron chi connectivity index (χ0n) is 9.79. The van der Waals surface area contributed by atoms with E-state index < -0.39 is 0 Å². The van der Waals surface area contributed by atoms with Gasteiger partial charge in [-0.15, -0.1) is 0 Å². The molecule has 0 spiro atoms. The minimum Gasteiger partial charge on any atom is -0.382 e. The summed E-state index contributed by atoms with van der Waals surface area (Å²) in [7, 11) is 0. The first-order valence-electron chi connectivity index (χ1n) is 6.13. The highest BCUT2D eigenvalue weighted by atomic mass is 14.9. The van der Waals surface area contributed by atoms with Crippen LogP contribution < -0.4 is 5.32 Å². The summed E-state index contributed by atoms with van der Waals surface area (Å²) in [6.07, 6.45) is 5.42. The van der Waals surface area contributed by atoms with Crippen molar-refractivity contribution < 1.29 is 0 Å². The van der Waals surface area contributed by atoms with Crippen LogP contribution in [0.1, 0.15) is 38.2 Å². The van der Waals surface area contributed by atoms with E-state index in [9.17, 15) is 0 Å². The van der Waals surface area contributed by atoms with Gasteiger partial charge in [0, 0.05) is 11.7 Å². The molecular formula is C14H21N. The van der Waals surface area contributed by atoms with Crippen LogP contribution in [0, 0.1) is 12.8 Å². The van der Waals surface area contributed by atoms with Gasteiger partial charge >= 0.3 is 0 Å². The van der Waals surface area contributed by atoms with Gasteiger partial charge in [0.2, 0.25) is 0 Å². The third kappa shape index (κ3) is 2.98. The zero-order chi connectivity index (χ0) is 10.7. The highest BCUT2D eigenvalue weighted by Gasteiger charge is 2.30. The molecule has 1 atom stereocenters. The number of benzene rings is 1. The van der Waals surface area contributed by atoms with Crippen molar-refractivity contribution in [1.82, 2.24) is 0 Å². The third-order valence-electron chi connectivity index (χ3n) is 3.19. The Balaban J connectivity index is 1.95. The number of nitrogens with one attached hydrogen (secondary N) is 1. The van der Waals surface area contributed by atoms with Gasteiger partial charge in [0.1, 0.15) is 0 Å². The number of hydrogen-bond donors (Lipinski definition) is 1. The van der Waals surface area contributed by atoms with Crippen LogP contribution in [0.4, 0.5) is 5.69 Å². The first-order valence-corrected chi connectivity index (χ1v) is 6.13. The van der Waals surface area contributed by atoms with Crippen molar-refractivity contribution in [3.63, 3.8) is 0 Å². The van der Waals surface area contributed by atoms with E-state index in [-0.39, 0.29) is 0 Å². The summed E-state index contributed by atoms with van der Waals surface area (Å²) in [5.41, 5.74) is 2.62. The van der Waals surface area contributed by atoms with Crippen LogP contribution in [0.15, 0.2) is 24.3 Å². The molecule has 0 aromatic heterocycles. The summed E-state index contributed by atoms with van der Waals surface area (Å²) in [6.45, 7) is 4.40. The highest BCUT2D eigenvalue weighted by Crippen LogP contribution is 2.36. The molecule has 0 amide bonds. The average Bonchev–Trinajstić information content (AvgIpc) is 3.04. The molecule has 15 heavy (non-hydrogen) atoms. The fourth-order valence-electron chi connectivity index (χ4n) is 2.10. The van der Waals surface area contributed by atoms with Crippen molar-refractivity contribution >= 4 is 5.69 Å². The molecule has 1 fully saturated rings. The molecule has 0 saturated heterocycles. The van der Waals surface area contributed by atoms with Crippen LogP contribution in [0.25, 0.3) is 0 Å². The summed E-state index contributed by atoms with van der Waals surface area (Å²) < 4.78 is 0. The lowest BCUT2D eigenvalue weighted by Gasteiger charge is -2.18. The largest absolute Gasteiger partial charge is 0.382 e. The van der Waals surface area contributed by atoms with Crippen molar-refractivity contribution in [1.29, 1.82) is 0 Å². The van der Waals surface area contributed by atoms with Crippen LogP contribution >= 0.6 is 0 Å². The van der Waals surface area contributed by atoms with E-state index in [1.807, 2.05) is 0 Å². The zero-order valence-corrected chi connectivity index (χ0v) is 9.79. The molecule has 0 aliphatic heterocycles. The molecule has 0 heterocycles. The molecule has 1 aliphatic carbocycles. The maximum absolute atomic E-state index is 3.67. The first-order chi connectivity index (χ1) is 7.29. The average molecular weight is 203 g/mol. The molecule has 1 heteroatoms. The number of aryl methyl sites for hydroxylation is 1. The monoisotopic (exact) mass is 203 g/mol. The molecule has 1 saturated carbocycles. The van der Waals surface area contributed by atoms with Gasteiger partial charge in [0.25, 0.3) is 0 Å². The number of anilines is 1. The van der Waals surface area contributed by atoms with Gasteiger partial charge in [-0.3, -0.25) is 0 Å². The van der Waals surface area contributed by atoms with Crippen LogP contribution in [-0.2, 0) is 0 Å². The third-order valence-corrected chi connectivity index (χ3v) is 3.19. The molecule has 1 aromatic carbocycles. The van der Waals surface area contributed by atoms with Gasteiger partial charge in [-0.05, 0) is 44.2 Å². The van der Waals surface area contributed by atoms with E-state index in [0.29, 0.717) is 6.04 Å². The van der Waals surface area contributed by atoms with Crippen LogP contribution in [0.2, 0.25) is 0 Å². The molecule has 1 N–H and O–H groups in total. The number of hydrogen-bond acceptors (Lipinski definition) is 1. The van der Waals surface area contributed by atoms with E-state index in [2.05, 4.69) is 43.4 Å². The second kappa shape index (κ2) is 4.69. The standard InChI is InChI=1S/C14H21N/c1-3-4-14(12-7-8-12)15-13-9-5-11(2)6-10-13/h5-6,9-10,12,14-15H,3-4,7-8H2,1-2H3. The Labute approximate surface area is 92.9 Å². The predicted octanol–water partition coefficient (Wildman–Crippen LogP) is 3.99. The second-order valence-corrected chi connectivity index (χ2v) is 4.74. The molecule has 1 nitrogen and oxygen atoms in total. The normalized spacial score (nSPS) is 17.5. The first kappa shape index (κ1) is 10.5. The van der Waals surface area contributed by atoms with E-state index in [1.54, 1.807) is 0 Å². The summed E-state index contributed by atoms with van der Waals surface area (Å²) in [6, 6.07) is 9.45. The van der Waals surface area contributed by atoms with E-state index in [1.165, 1.54) is 36.9 Å². The van der Waals surface area contributed by atoms with Crippen LogP contribution in [0.5, 0.6) is 0 Å². The highest BCUT2D eigenvalue weighted by molar-refractivity contribution is 5.45. The van der Waals surface area contributed by atoms with Crippen molar-refractivity contribution in [2.45, 2.75) is 45.6 Å². The Hall–Kier alpha value is -0.980. The van der Waals surface area contributed by atoms with Gasteiger partial charge in [-0.1, -0.05) is 31.0 Å². The van der Waals surface area contributed by atoms with Gasteiger partial charge in [-0.25, -0.2) is 0 Å². The Morgan fingerprint density at radius 1 is 1.27 bits per heavy atom. The van der Waals surface area contributed by atoms with E-state index >= 15 is 0 Å². The lowest BCUT2D eigenvalue weighted by Crippen LogP contribution is -2.21. The van der Waals surface area contributed by atoms with Gasteiger partial charge in [0.05, 0.1) is 0 Å². The Morgan fingerprint density at radius 2 is 1.93 bits per heavy atom. The molecule has 1 aliphatic rings. The minimum absolute atomic E-state index is 0.706. The molecule has 0 bridgehead atoms. The van der Waals surface area contributed by atoms with Crippen molar-refractivity contribution in [2.75, 3.05) is 5.32 Å². The van der Waals surface area contributed by atoms with Crippen molar-refractivity contribution in [2.24, 2.45) is 5.92 Å². The smallest absolute Gasteiger partial charge is 0.0342 e. The van der Waals surface area contributed by atoms with Crippen molar-refractivity contribution in [3.8, 4) is 0 Å². The Kier molecular flexibility index (Phi) is 3.30. The summed E-state index contributed by atoms with van der Waals surface area (Å²) in [4.78, 5) is 0. The van der Waals surface area contributed by atoms with Gasteiger partial charge < -0.3 is 5.32 Å². The summed E-state index contributed by atoms with van der Waals surface area (Å²) in [5.74, 6) is 0.936. The number of rotatable bonds is 5. The lowest BCUT2D eigenvalue weighted by atomic mass is 10.1.